The van der Waals surface area contributed by atoms with E-state index in [1.807, 2.05) is 0 Å². The maximum atomic E-state index is 2.55. The van der Waals surface area contributed by atoms with Gasteiger partial charge in [-0.25, -0.2) is 0 Å². The molecular formula is C17H29N. The van der Waals surface area contributed by atoms with Crippen molar-refractivity contribution in [1.29, 1.82) is 0 Å². The van der Waals surface area contributed by atoms with Gasteiger partial charge in [-0.2, -0.15) is 0 Å². The first-order valence-corrected chi connectivity index (χ1v) is 7.30. The minimum Gasteiger partial charge on any atom is -0.372 e. The normalized spacial score (nSPS) is 11.3. The minimum absolute atomic E-state index is 0.774. The van der Waals surface area contributed by atoms with Gasteiger partial charge in [0.15, 0.2) is 0 Å². The molecule has 0 aliphatic rings. The Hall–Kier alpha value is -0.980. The second kappa shape index (κ2) is 7.45. The van der Waals surface area contributed by atoms with E-state index in [1.54, 1.807) is 0 Å². The van der Waals surface area contributed by atoms with Gasteiger partial charge in [0.2, 0.25) is 0 Å². The highest BCUT2D eigenvalue weighted by molar-refractivity contribution is 5.48. The summed E-state index contributed by atoms with van der Waals surface area (Å²) < 4.78 is 0. The van der Waals surface area contributed by atoms with Crippen LogP contribution in [0.25, 0.3) is 0 Å². The molecule has 0 aliphatic carbocycles. The lowest BCUT2D eigenvalue weighted by molar-refractivity contribution is 0.535. The van der Waals surface area contributed by atoms with Crippen molar-refractivity contribution in [2.75, 3.05) is 18.0 Å². The van der Waals surface area contributed by atoms with E-state index in [1.165, 1.54) is 37.2 Å². The van der Waals surface area contributed by atoms with Crippen LogP contribution in [0.1, 0.15) is 46.1 Å². The van der Waals surface area contributed by atoms with E-state index in [0.29, 0.717) is 0 Å². The second-order valence-corrected chi connectivity index (χ2v) is 6.19. The molecule has 1 rings (SSSR count). The zero-order valence-corrected chi connectivity index (χ0v) is 12.7. The summed E-state index contributed by atoms with van der Waals surface area (Å²) in [6.45, 7) is 13.7. The molecule has 0 fully saturated rings. The number of rotatable bonds is 7. The molecule has 0 radical (unpaired) electrons. The van der Waals surface area contributed by atoms with Crippen LogP contribution in [0, 0.1) is 18.8 Å². The summed E-state index contributed by atoms with van der Waals surface area (Å²) in [5.74, 6) is 1.55. The first-order valence-electron chi connectivity index (χ1n) is 7.30. The summed E-state index contributed by atoms with van der Waals surface area (Å²) >= 11 is 0. The average Bonchev–Trinajstić information content (AvgIpc) is 2.28. The number of nitrogens with zero attached hydrogens (tertiary/aromatic N) is 1. The number of hydrogen-bond acceptors (Lipinski definition) is 1. The fourth-order valence-electron chi connectivity index (χ4n) is 2.02. The van der Waals surface area contributed by atoms with E-state index in [2.05, 4.69) is 63.8 Å². The van der Waals surface area contributed by atoms with Crippen LogP contribution in [-0.4, -0.2) is 13.1 Å². The third kappa shape index (κ3) is 5.57. The van der Waals surface area contributed by atoms with Crippen molar-refractivity contribution >= 4 is 5.69 Å². The molecule has 1 heteroatoms. The largest absolute Gasteiger partial charge is 0.372 e. The van der Waals surface area contributed by atoms with E-state index in [9.17, 15) is 0 Å². The van der Waals surface area contributed by atoms with Gasteiger partial charge in [0, 0.05) is 18.8 Å². The highest BCUT2D eigenvalue weighted by atomic mass is 15.1. The van der Waals surface area contributed by atoms with Gasteiger partial charge in [0.05, 0.1) is 0 Å². The van der Waals surface area contributed by atoms with Crippen molar-refractivity contribution in [2.45, 2.75) is 47.5 Å². The van der Waals surface area contributed by atoms with Gasteiger partial charge < -0.3 is 4.90 Å². The zero-order valence-electron chi connectivity index (χ0n) is 12.7. The molecule has 0 unspecified atom stereocenters. The molecule has 18 heavy (non-hydrogen) atoms. The van der Waals surface area contributed by atoms with Crippen molar-refractivity contribution in [2.24, 2.45) is 11.8 Å². The SMILES string of the molecule is Cc1cccc(N(CCC(C)C)CCC(C)C)c1. The molecular weight excluding hydrogens is 218 g/mol. The van der Waals surface area contributed by atoms with Gasteiger partial charge in [-0.15, -0.1) is 0 Å². The predicted octanol–water partition coefficient (Wildman–Crippen LogP) is 4.89. The van der Waals surface area contributed by atoms with Crippen LogP contribution in [0.4, 0.5) is 5.69 Å². The smallest absolute Gasteiger partial charge is 0.0368 e. The summed E-state index contributed by atoms with van der Waals surface area (Å²) in [5, 5.41) is 0. The maximum Gasteiger partial charge on any atom is 0.0368 e. The van der Waals surface area contributed by atoms with E-state index in [4.69, 9.17) is 0 Å². The van der Waals surface area contributed by atoms with Gasteiger partial charge in [-0.1, -0.05) is 39.8 Å². The standard InChI is InChI=1S/C17H29N/c1-14(2)9-11-18(12-10-15(3)4)17-8-6-7-16(5)13-17/h6-8,13-15H,9-12H2,1-5H3. The third-order valence-corrected chi connectivity index (χ3v) is 3.32. The Morgan fingerprint density at radius 2 is 1.50 bits per heavy atom. The third-order valence-electron chi connectivity index (χ3n) is 3.32. The summed E-state index contributed by atoms with van der Waals surface area (Å²) in [6.07, 6.45) is 2.54. The molecule has 0 bridgehead atoms. The molecule has 102 valence electrons. The average molecular weight is 247 g/mol. The Kier molecular flexibility index (Phi) is 6.24. The number of anilines is 1. The van der Waals surface area contributed by atoms with Gasteiger partial charge in [-0.3, -0.25) is 0 Å². The van der Waals surface area contributed by atoms with Crippen molar-refractivity contribution in [3.8, 4) is 0 Å². The Morgan fingerprint density at radius 3 is 1.94 bits per heavy atom. The van der Waals surface area contributed by atoms with Crippen LogP contribution in [0.15, 0.2) is 24.3 Å². The first kappa shape index (κ1) is 15.1. The van der Waals surface area contributed by atoms with Crippen LogP contribution >= 0.6 is 0 Å². The Bertz CT molecular complexity index is 329. The van der Waals surface area contributed by atoms with Gasteiger partial charge in [-0.05, 0) is 49.3 Å². The van der Waals surface area contributed by atoms with Gasteiger partial charge in [0.1, 0.15) is 0 Å². The predicted molar refractivity (Wildman–Crippen MR) is 82.3 cm³/mol. The Labute approximate surface area is 113 Å². The van der Waals surface area contributed by atoms with E-state index < -0.39 is 0 Å². The minimum atomic E-state index is 0.774. The van der Waals surface area contributed by atoms with Crippen LogP contribution in [0.2, 0.25) is 0 Å². The molecule has 0 saturated carbocycles. The maximum absolute atomic E-state index is 2.55. The molecule has 0 atom stereocenters. The number of hydrogen-bond donors (Lipinski definition) is 0. The van der Waals surface area contributed by atoms with E-state index in [-0.39, 0.29) is 0 Å². The van der Waals surface area contributed by atoms with Crippen molar-refractivity contribution < 1.29 is 0 Å². The first-order chi connectivity index (χ1) is 8.49. The molecule has 1 nitrogen and oxygen atoms in total. The molecule has 1 aromatic rings. The lowest BCUT2D eigenvalue weighted by Gasteiger charge is -2.27. The summed E-state index contributed by atoms with van der Waals surface area (Å²) in [4.78, 5) is 2.55. The highest BCUT2D eigenvalue weighted by Crippen LogP contribution is 2.18. The Morgan fingerprint density at radius 1 is 0.944 bits per heavy atom. The van der Waals surface area contributed by atoms with Gasteiger partial charge in [0.25, 0.3) is 0 Å². The van der Waals surface area contributed by atoms with E-state index in [0.717, 1.165) is 11.8 Å². The lowest BCUT2D eigenvalue weighted by atomic mass is 10.1. The fraction of sp³-hybridized carbons (Fsp3) is 0.647. The number of benzene rings is 1. The monoisotopic (exact) mass is 247 g/mol. The van der Waals surface area contributed by atoms with Crippen LogP contribution in [0.3, 0.4) is 0 Å². The van der Waals surface area contributed by atoms with Crippen molar-refractivity contribution in [3.05, 3.63) is 29.8 Å². The molecule has 0 aliphatic heterocycles. The Balaban J connectivity index is 2.69. The summed E-state index contributed by atoms with van der Waals surface area (Å²) in [6, 6.07) is 8.89. The molecule has 0 N–H and O–H groups in total. The second-order valence-electron chi connectivity index (χ2n) is 6.19. The van der Waals surface area contributed by atoms with E-state index >= 15 is 0 Å². The summed E-state index contributed by atoms with van der Waals surface area (Å²) in [7, 11) is 0. The fourth-order valence-corrected chi connectivity index (χ4v) is 2.02. The van der Waals surface area contributed by atoms with Crippen LogP contribution in [-0.2, 0) is 0 Å². The number of aryl methyl sites for hydroxylation is 1. The molecule has 0 heterocycles. The quantitative estimate of drug-likeness (QED) is 0.663. The van der Waals surface area contributed by atoms with Crippen LogP contribution < -0.4 is 4.90 Å². The molecule has 1 aromatic carbocycles. The zero-order chi connectivity index (χ0) is 13.5. The molecule has 0 amide bonds. The molecule has 0 saturated heterocycles. The summed E-state index contributed by atoms with van der Waals surface area (Å²) in [5.41, 5.74) is 2.74. The van der Waals surface area contributed by atoms with Gasteiger partial charge >= 0.3 is 0 Å². The molecule has 0 aromatic heterocycles. The van der Waals surface area contributed by atoms with Crippen molar-refractivity contribution in [1.82, 2.24) is 0 Å². The molecule has 0 spiro atoms. The van der Waals surface area contributed by atoms with Crippen LogP contribution in [0.5, 0.6) is 0 Å². The van der Waals surface area contributed by atoms with Crippen molar-refractivity contribution in [3.63, 3.8) is 0 Å². The highest BCUT2D eigenvalue weighted by Gasteiger charge is 2.08. The lowest BCUT2D eigenvalue weighted by Crippen LogP contribution is -2.27. The topological polar surface area (TPSA) is 3.24 Å².